The first-order valence-corrected chi connectivity index (χ1v) is 6.57. The van der Waals surface area contributed by atoms with Crippen LogP contribution in [0.4, 0.5) is 13.2 Å². The highest BCUT2D eigenvalue weighted by atomic mass is 79.9. The molecule has 1 atom stereocenters. The van der Waals surface area contributed by atoms with Crippen LogP contribution < -0.4 is 0 Å². The molecule has 2 aromatic rings. The van der Waals surface area contributed by atoms with Crippen LogP contribution in [0, 0.1) is 28.8 Å². The van der Waals surface area contributed by atoms with Gasteiger partial charge in [-0.15, -0.1) is 0 Å². The third kappa shape index (κ3) is 3.14. The topological polar surface area (TPSA) is 40.9 Å². The quantitative estimate of drug-likeness (QED) is 0.769. The highest BCUT2D eigenvalue weighted by Crippen LogP contribution is 2.26. The molecule has 0 spiro atoms. The molecule has 0 saturated carbocycles. The maximum absolute atomic E-state index is 13.9. The summed E-state index contributed by atoms with van der Waals surface area (Å²) in [6.45, 7) is 0. The molecule has 0 aliphatic heterocycles. The molecule has 21 heavy (non-hydrogen) atoms. The fraction of sp³-hybridized carbons (Fsp3) is 0.0667. The first kappa shape index (κ1) is 15.3. The van der Waals surface area contributed by atoms with E-state index in [1.807, 2.05) is 0 Å². The predicted molar refractivity (Wildman–Crippen MR) is 73.1 cm³/mol. The molecule has 0 bridgehead atoms. The van der Waals surface area contributed by atoms with Crippen LogP contribution in [0.5, 0.6) is 0 Å². The third-order valence-electron chi connectivity index (χ3n) is 2.83. The second-order valence-electron chi connectivity index (χ2n) is 4.23. The predicted octanol–water partition coefficient (Wildman–Crippen LogP) is 4.36. The van der Waals surface area contributed by atoms with Crippen molar-refractivity contribution in [2.45, 2.75) is 5.92 Å². The minimum absolute atomic E-state index is 0.0652. The SMILES string of the molecule is N#CC(C(=O)c1cccc(Br)c1F)c1cc(F)cc(F)c1. The number of hydrogen-bond donors (Lipinski definition) is 0. The van der Waals surface area contributed by atoms with Crippen molar-refractivity contribution in [3.05, 3.63) is 69.4 Å². The van der Waals surface area contributed by atoms with Crippen molar-refractivity contribution >= 4 is 21.7 Å². The zero-order chi connectivity index (χ0) is 15.6. The van der Waals surface area contributed by atoms with Crippen molar-refractivity contribution in [1.29, 1.82) is 5.26 Å². The minimum atomic E-state index is -1.49. The van der Waals surface area contributed by atoms with Crippen LogP contribution in [0.25, 0.3) is 0 Å². The van der Waals surface area contributed by atoms with Crippen LogP contribution in [-0.4, -0.2) is 5.78 Å². The number of rotatable bonds is 3. The van der Waals surface area contributed by atoms with Crippen LogP contribution >= 0.6 is 15.9 Å². The van der Waals surface area contributed by atoms with E-state index in [9.17, 15) is 18.0 Å². The van der Waals surface area contributed by atoms with Gasteiger partial charge in [0, 0.05) is 6.07 Å². The van der Waals surface area contributed by atoms with Crippen molar-refractivity contribution in [3.8, 4) is 6.07 Å². The van der Waals surface area contributed by atoms with E-state index >= 15 is 0 Å². The zero-order valence-corrected chi connectivity index (χ0v) is 12.0. The number of halogens is 4. The summed E-state index contributed by atoms with van der Waals surface area (Å²) in [4.78, 5) is 12.2. The highest BCUT2D eigenvalue weighted by Gasteiger charge is 2.26. The monoisotopic (exact) mass is 353 g/mol. The van der Waals surface area contributed by atoms with E-state index in [1.54, 1.807) is 6.07 Å². The minimum Gasteiger partial charge on any atom is -0.292 e. The molecule has 0 aliphatic carbocycles. The van der Waals surface area contributed by atoms with E-state index in [1.165, 1.54) is 18.2 Å². The lowest BCUT2D eigenvalue weighted by molar-refractivity contribution is 0.0974. The van der Waals surface area contributed by atoms with Crippen molar-refractivity contribution in [2.24, 2.45) is 0 Å². The molecule has 0 aromatic heterocycles. The van der Waals surface area contributed by atoms with Gasteiger partial charge in [0.15, 0.2) is 5.78 Å². The van der Waals surface area contributed by atoms with Crippen molar-refractivity contribution in [2.75, 3.05) is 0 Å². The number of ketones is 1. The lowest BCUT2D eigenvalue weighted by atomic mass is 9.91. The number of nitriles is 1. The molecule has 0 fully saturated rings. The number of benzene rings is 2. The summed E-state index contributed by atoms with van der Waals surface area (Å²) >= 11 is 2.93. The maximum Gasteiger partial charge on any atom is 0.187 e. The van der Waals surface area contributed by atoms with E-state index in [0.29, 0.717) is 6.07 Å². The first-order chi connectivity index (χ1) is 9.93. The Hall–Kier alpha value is -2.13. The van der Waals surface area contributed by atoms with Crippen molar-refractivity contribution in [3.63, 3.8) is 0 Å². The van der Waals surface area contributed by atoms with Gasteiger partial charge in [0.25, 0.3) is 0 Å². The Labute approximate surface area is 127 Å². The van der Waals surface area contributed by atoms with E-state index in [2.05, 4.69) is 15.9 Å². The molecule has 0 aliphatic rings. The van der Waals surface area contributed by atoms with Crippen LogP contribution in [0.3, 0.4) is 0 Å². The first-order valence-electron chi connectivity index (χ1n) is 5.78. The molecule has 0 amide bonds. The largest absolute Gasteiger partial charge is 0.292 e. The number of nitrogens with zero attached hydrogens (tertiary/aromatic N) is 1. The van der Waals surface area contributed by atoms with Crippen LogP contribution in [0.2, 0.25) is 0 Å². The average molecular weight is 354 g/mol. The van der Waals surface area contributed by atoms with Gasteiger partial charge in [0.05, 0.1) is 16.1 Å². The normalized spacial score (nSPS) is 11.8. The summed E-state index contributed by atoms with van der Waals surface area (Å²) in [6, 6.07) is 8.08. The summed E-state index contributed by atoms with van der Waals surface area (Å²) in [6.07, 6.45) is 0. The van der Waals surface area contributed by atoms with Crippen LogP contribution in [-0.2, 0) is 0 Å². The Bertz CT molecular complexity index is 735. The van der Waals surface area contributed by atoms with Gasteiger partial charge < -0.3 is 0 Å². The van der Waals surface area contributed by atoms with E-state index in [4.69, 9.17) is 5.26 Å². The molecule has 2 rings (SSSR count). The summed E-state index contributed by atoms with van der Waals surface area (Å²) < 4.78 is 40.3. The molecule has 6 heteroatoms. The average Bonchev–Trinajstić information content (AvgIpc) is 2.41. The molecule has 2 nitrogen and oxygen atoms in total. The van der Waals surface area contributed by atoms with Gasteiger partial charge in [0.2, 0.25) is 0 Å². The molecule has 2 aromatic carbocycles. The molecule has 0 radical (unpaired) electrons. The Kier molecular flexibility index (Phi) is 4.43. The highest BCUT2D eigenvalue weighted by molar-refractivity contribution is 9.10. The maximum atomic E-state index is 13.9. The third-order valence-corrected chi connectivity index (χ3v) is 3.44. The summed E-state index contributed by atoms with van der Waals surface area (Å²) in [7, 11) is 0. The molecule has 0 saturated heterocycles. The Morgan fingerprint density at radius 2 is 1.76 bits per heavy atom. The molecule has 0 N–H and O–H groups in total. The molecule has 1 unspecified atom stereocenters. The van der Waals surface area contributed by atoms with Gasteiger partial charge >= 0.3 is 0 Å². The van der Waals surface area contributed by atoms with Crippen molar-refractivity contribution < 1.29 is 18.0 Å². The van der Waals surface area contributed by atoms with Gasteiger partial charge in [-0.3, -0.25) is 4.79 Å². The Balaban J connectivity index is 2.49. The second kappa shape index (κ2) is 6.10. The number of Topliss-reactive ketones (excluding diaryl/α,β-unsaturated/α-hetero) is 1. The van der Waals surface area contributed by atoms with Gasteiger partial charge in [-0.05, 0) is 45.8 Å². The van der Waals surface area contributed by atoms with E-state index in [-0.39, 0.29) is 15.6 Å². The zero-order valence-electron chi connectivity index (χ0n) is 10.4. The molecular formula is C15H7BrF3NO. The summed E-state index contributed by atoms with van der Waals surface area (Å²) in [5, 5.41) is 9.10. The molecule has 0 heterocycles. The number of hydrogen-bond acceptors (Lipinski definition) is 2. The van der Waals surface area contributed by atoms with Crippen LogP contribution in [0.15, 0.2) is 40.9 Å². The van der Waals surface area contributed by atoms with E-state index in [0.717, 1.165) is 12.1 Å². The van der Waals surface area contributed by atoms with Gasteiger partial charge in [0.1, 0.15) is 23.4 Å². The standard InChI is InChI=1S/C15H7BrF3NO/c16-13-3-1-2-11(14(13)19)15(21)12(7-20)8-4-9(17)6-10(18)5-8/h1-6,12H. The number of carbonyl (C=O) groups excluding carboxylic acids is 1. The molecular weight excluding hydrogens is 347 g/mol. The number of carbonyl (C=O) groups is 1. The second-order valence-corrected chi connectivity index (χ2v) is 5.08. The fourth-order valence-corrected chi connectivity index (χ4v) is 2.24. The summed E-state index contributed by atoms with van der Waals surface area (Å²) in [5.41, 5.74) is -0.472. The van der Waals surface area contributed by atoms with Gasteiger partial charge in [-0.2, -0.15) is 5.26 Å². The van der Waals surface area contributed by atoms with Crippen LogP contribution in [0.1, 0.15) is 21.8 Å². The fourth-order valence-electron chi connectivity index (χ4n) is 1.88. The van der Waals surface area contributed by atoms with Crippen molar-refractivity contribution in [1.82, 2.24) is 0 Å². The van der Waals surface area contributed by atoms with Gasteiger partial charge in [-0.25, -0.2) is 13.2 Å². The smallest absolute Gasteiger partial charge is 0.187 e. The van der Waals surface area contributed by atoms with E-state index < -0.39 is 29.2 Å². The molecule has 106 valence electrons. The lowest BCUT2D eigenvalue weighted by Crippen LogP contribution is -2.13. The lowest BCUT2D eigenvalue weighted by Gasteiger charge is -2.10. The Morgan fingerprint density at radius 1 is 1.14 bits per heavy atom. The Morgan fingerprint density at radius 3 is 2.33 bits per heavy atom. The van der Waals surface area contributed by atoms with Gasteiger partial charge in [-0.1, -0.05) is 6.07 Å². The summed E-state index contributed by atoms with van der Waals surface area (Å²) in [5.74, 6) is -4.99.